The summed E-state index contributed by atoms with van der Waals surface area (Å²) in [4.78, 5) is 14.8. The van der Waals surface area contributed by atoms with Gasteiger partial charge in [-0.05, 0) is 44.4 Å². The van der Waals surface area contributed by atoms with Crippen molar-refractivity contribution in [1.29, 1.82) is 0 Å². The van der Waals surface area contributed by atoms with E-state index in [1.165, 1.54) is 32.1 Å². The number of hydrogen-bond donors (Lipinski definition) is 3. The van der Waals surface area contributed by atoms with Gasteiger partial charge in [-0.2, -0.15) is 0 Å². The highest BCUT2D eigenvalue weighted by Crippen LogP contribution is 2.25. The molecule has 2 amide bonds. The number of aromatic nitrogens is 1. The van der Waals surface area contributed by atoms with E-state index in [9.17, 15) is 9.90 Å². The van der Waals surface area contributed by atoms with Gasteiger partial charge in [0, 0.05) is 37.6 Å². The van der Waals surface area contributed by atoms with Crippen molar-refractivity contribution in [2.75, 3.05) is 19.6 Å². The van der Waals surface area contributed by atoms with Gasteiger partial charge in [0.05, 0.1) is 6.54 Å². The van der Waals surface area contributed by atoms with Crippen LogP contribution in [0.4, 0.5) is 4.79 Å². The smallest absolute Gasteiger partial charge is 0.315 e. The van der Waals surface area contributed by atoms with Crippen LogP contribution in [0, 0.1) is 0 Å². The van der Waals surface area contributed by atoms with Crippen molar-refractivity contribution >= 4 is 6.03 Å². The van der Waals surface area contributed by atoms with E-state index in [4.69, 9.17) is 0 Å². The van der Waals surface area contributed by atoms with Crippen LogP contribution in [0.5, 0.6) is 0 Å². The summed E-state index contributed by atoms with van der Waals surface area (Å²) in [6.07, 6.45) is 10.1. The van der Waals surface area contributed by atoms with Gasteiger partial charge < -0.3 is 20.3 Å². The minimum atomic E-state index is -0.684. The molecule has 3 rings (SSSR count). The highest BCUT2D eigenvalue weighted by Gasteiger charge is 2.27. The lowest BCUT2D eigenvalue weighted by molar-refractivity contribution is 0.111. The number of aliphatic hydroxyl groups is 1. The SMILES string of the molecule is Cn1cccc1[C@@H](O)CNC(=O)N[C@H]1CCCN(C2CCCCC2)C1. The van der Waals surface area contributed by atoms with Crippen molar-refractivity contribution in [2.24, 2.45) is 7.05 Å². The molecular weight excluding hydrogens is 316 g/mol. The van der Waals surface area contributed by atoms with E-state index >= 15 is 0 Å². The predicted molar refractivity (Wildman–Crippen MR) is 98.4 cm³/mol. The molecule has 2 fully saturated rings. The van der Waals surface area contributed by atoms with Crippen molar-refractivity contribution < 1.29 is 9.90 Å². The summed E-state index contributed by atoms with van der Waals surface area (Å²) >= 11 is 0. The molecule has 0 bridgehead atoms. The molecule has 1 aliphatic carbocycles. The first kappa shape index (κ1) is 18.3. The number of aryl methyl sites for hydroxylation is 1. The number of carbonyl (C=O) groups excluding carboxylic acids is 1. The summed E-state index contributed by atoms with van der Waals surface area (Å²) in [7, 11) is 1.89. The fraction of sp³-hybridized carbons (Fsp3) is 0.737. The number of piperidine rings is 1. The molecule has 2 atom stereocenters. The average molecular weight is 348 g/mol. The molecule has 2 heterocycles. The van der Waals surface area contributed by atoms with Crippen LogP contribution in [0.2, 0.25) is 0 Å². The van der Waals surface area contributed by atoms with Crippen LogP contribution in [-0.4, -0.2) is 52.3 Å². The molecule has 0 spiro atoms. The molecule has 3 N–H and O–H groups in total. The van der Waals surface area contributed by atoms with Crippen molar-refractivity contribution in [2.45, 2.75) is 63.1 Å². The van der Waals surface area contributed by atoms with E-state index in [1.54, 1.807) is 0 Å². The van der Waals surface area contributed by atoms with Crippen molar-refractivity contribution in [1.82, 2.24) is 20.1 Å². The Labute approximate surface area is 150 Å². The average Bonchev–Trinajstić information content (AvgIpc) is 3.07. The third-order valence-electron chi connectivity index (χ3n) is 5.66. The van der Waals surface area contributed by atoms with Crippen LogP contribution in [0.15, 0.2) is 18.3 Å². The Balaban J connectivity index is 1.42. The van der Waals surface area contributed by atoms with E-state index in [2.05, 4.69) is 15.5 Å². The summed E-state index contributed by atoms with van der Waals surface area (Å²) in [5.74, 6) is 0. The Bertz CT molecular complexity index is 553. The molecule has 1 saturated carbocycles. The Kier molecular flexibility index (Phi) is 6.37. The van der Waals surface area contributed by atoms with Crippen LogP contribution in [0.3, 0.4) is 0 Å². The van der Waals surface area contributed by atoms with Crippen LogP contribution in [-0.2, 0) is 7.05 Å². The summed E-state index contributed by atoms with van der Waals surface area (Å²) in [6, 6.07) is 4.50. The highest BCUT2D eigenvalue weighted by atomic mass is 16.3. The summed E-state index contributed by atoms with van der Waals surface area (Å²) < 4.78 is 1.87. The van der Waals surface area contributed by atoms with E-state index in [-0.39, 0.29) is 18.6 Å². The molecule has 0 unspecified atom stereocenters. The standard InChI is InChI=1S/C19H32N4O2/c1-22-11-6-10-17(22)18(24)13-20-19(25)21-15-7-5-12-23(14-15)16-8-3-2-4-9-16/h6,10-11,15-16,18,24H,2-5,7-9,12-14H2,1H3,(H2,20,21,25)/t15-,18-/m0/s1. The molecule has 1 saturated heterocycles. The van der Waals surface area contributed by atoms with Gasteiger partial charge >= 0.3 is 6.03 Å². The maximum absolute atomic E-state index is 12.2. The molecule has 6 nitrogen and oxygen atoms in total. The van der Waals surface area contributed by atoms with Crippen LogP contribution in [0.25, 0.3) is 0 Å². The number of hydrogen-bond acceptors (Lipinski definition) is 3. The minimum Gasteiger partial charge on any atom is -0.385 e. The Hall–Kier alpha value is -1.53. The van der Waals surface area contributed by atoms with E-state index in [0.717, 1.165) is 31.6 Å². The van der Waals surface area contributed by atoms with Crippen molar-refractivity contribution in [3.05, 3.63) is 24.0 Å². The molecule has 0 radical (unpaired) electrons. The number of nitrogens with one attached hydrogen (secondary N) is 2. The van der Waals surface area contributed by atoms with Gasteiger partial charge in [0.1, 0.15) is 6.10 Å². The number of amides is 2. The molecule has 140 valence electrons. The summed E-state index contributed by atoms with van der Waals surface area (Å²) in [5.41, 5.74) is 0.807. The fourth-order valence-corrected chi connectivity index (χ4v) is 4.25. The summed E-state index contributed by atoms with van der Waals surface area (Å²) in [6.45, 7) is 2.35. The van der Waals surface area contributed by atoms with Crippen LogP contribution < -0.4 is 10.6 Å². The van der Waals surface area contributed by atoms with Gasteiger partial charge in [-0.1, -0.05) is 19.3 Å². The molecule has 2 aliphatic rings. The third-order valence-corrected chi connectivity index (χ3v) is 5.66. The van der Waals surface area contributed by atoms with Crippen molar-refractivity contribution in [3.8, 4) is 0 Å². The maximum atomic E-state index is 12.2. The van der Waals surface area contributed by atoms with Gasteiger partial charge in [-0.15, -0.1) is 0 Å². The van der Waals surface area contributed by atoms with Crippen LogP contribution >= 0.6 is 0 Å². The maximum Gasteiger partial charge on any atom is 0.315 e. The highest BCUT2D eigenvalue weighted by molar-refractivity contribution is 5.74. The minimum absolute atomic E-state index is 0.177. The second kappa shape index (κ2) is 8.72. The normalized spacial score (nSPS) is 24.0. The summed E-state index contributed by atoms with van der Waals surface area (Å²) in [5, 5.41) is 16.1. The molecule has 25 heavy (non-hydrogen) atoms. The molecule has 1 aliphatic heterocycles. The lowest BCUT2D eigenvalue weighted by atomic mass is 9.92. The lowest BCUT2D eigenvalue weighted by Crippen LogP contribution is -2.53. The number of nitrogens with zero attached hydrogens (tertiary/aromatic N) is 2. The Morgan fingerprint density at radius 3 is 2.80 bits per heavy atom. The van der Waals surface area contributed by atoms with Crippen LogP contribution in [0.1, 0.15) is 56.7 Å². The van der Waals surface area contributed by atoms with E-state index < -0.39 is 6.10 Å². The van der Waals surface area contributed by atoms with Gasteiger partial charge in [0.2, 0.25) is 0 Å². The quantitative estimate of drug-likeness (QED) is 0.764. The van der Waals surface area contributed by atoms with Gasteiger partial charge in [-0.25, -0.2) is 4.79 Å². The van der Waals surface area contributed by atoms with E-state index in [1.807, 2.05) is 29.9 Å². The second-order valence-electron chi connectivity index (χ2n) is 7.54. The monoisotopic (exact) mass is 348 g/mol. The van der Waals surface area contributed by atoms with Crippen molar-refractivity contribution in [3.63, 3.8) is 0 Å². The topological polar surface area (TPSA) is 69.5 Å². The zero-order valence-electron chi connectivity index (χ0n) is 15.3. The third kappa shape index (κ3) is 4.98. The van der Waals surface area contributed by atoms with Gasteiger partial charge in [-0.3, -0.25) is 4.90 Å². The number of carbonyl (C=O) groups is 1. The lowest BCUT2D eigenvalue weighted by Gasteiger charge is -2.40. The molecule has 6 heteroatoms. The number of urea groups is 1. The number of likely N-dealkylation sites (tertiary alicyclic amines) is 1. The molecule has 1 aromatic heterocycles. The zero-order chi connectivity index (χ0) is 17.6. The molecular formula is C19H32N4O2. The first-order valence-corrected chi connectivity index (χ1v) is 9.71. The van der Waals surface area contributed by atoms with E-state index in [0.29, 0.717) is 6.04 Å². The largest absolute Gasteiger partial charge is 0.385 e. The Morgan fingerprint density at radius 1 is 1.28 bits per heavy atom. The molecule has 1 aromatic rings. The molecule has 0 aromatic carbocycles. The van der Waals surface area contributed by atoms with Gasteiger partial charge in [0.25, 0.3) is 0 Å². The Morgan fingerprint density at radius 2 is 2.08 bits per heavy atom. The predicted octanol–water partition coefficient (Wildman–Crippen LogP) is 2.15. The fourth-order valence-electron chi connectivity index (χ4n) is 4.25. The number of rotatable bonds is 5. The second-order valence-corrected chi connectivity index (χ2v) is 7.54. The zero-order valence-corrected chi connectivity index (χ0v) is 15.3. The first-order chi connectivity index (χ1) is 12.1. The number of aliphatic hydroxyl groups excluding tert-OH is 1. The van der Waals surface area contributed by atoms with Gasteiger partial charge in [0.15, 0.2) is 0 Å². The first-order valence-electron chi connectivity index (χ1n) is 9.71.